The number of nitrogens with zero attached hydrogens (tertiary/aromatic N) is 4. The molecule has 0 aliphatic rings. The Balaban J connectivity index is 1.55. The lowest BCUT2D eigenvalue weighted by molar-refractivity contribution is -0.384. The highest BCUT2D eigenvalue weighted by Gasteiger charge is 2.19. The smallest absolute Gasteiger partial charge is 0.296 e. The van der Waals surface area contributed by atoms with Gasteiger partial charge in [0.05, 0.1) is 23.9 Å². The molecule has 0 atom stereocenters. The SMILES string of the molecule is COc1ccc(NC(=O)CSc2nnc(Cc3ccccc3)n2-c2ccc(C)cc2)c([N+](=O)[O-])c1. The van der Waals surface area contributed by atoms with Crippen molar-refractivity contribution in [1.82, 2.24) is 14.8 Å². The fraction of sp³-hybridized carbons (Fsp3) is 0.160. The molecule has 178 valence electrons. The third-order valence-corrected chi connectivity index (χ3v) is 6.13. The largest absolute Gasteiger partial charge is 0.496 e. The molecule has 1 heterocycles. The van der Waals surface area contributed by atoms with Crippen molar-refractivity contribution in [3.63, 3.8) is 0 Å². The van der Waals surface area contributed by atoms with E-state index in [-0.39, 0.29) is 17.1 Å². The molecule has 35 heavy (non-hydrogen) atoms. The highest BCUT2D eigenvalue weighted by molar-refractivity contribution is 7.99. The number of amides is 1. The van der Waals surface area contributed by atoms with Crippen LogP contribution in [0.1, 0.15) is 17.0 Å². The molecule has 0 saturated carbocycles. The van der Waals surface area contributed by atoms with E-state index in [1.165, 1.54) is 31.0 Å². The molecule has 1 aromatic heterocycles. The second-order valence-corrected chi connectivity index (χ2v) is 8.65. The summed E-state index contributed by atoms with van der Waals surface area (Å²) in [6.45, 7) is 2.01. The number of thioether (sulfide) groups is 1. The van der Waals surface area contributed by atoms with Gasteiger partial charge in [-0.3, -0.25) is 19.5 Å². The van der Waals surface area contributed by atoms with E-state index in [2.05, 4.69) is 15.5 Å². The summed E-state index contributed by atoms with van der Waals surface area (Å²) in [5, 5.41) is 23.3. The van der Waals surface area contributed by atoms with Crippen LogP contribution in [0.3, 0.4) is 0 Å². The molecule has 1 N–H and O–H groups in total. The summed E-state index contributed by atoms with van der Waals surface area (Å²) < 4.78 is 6.97. The van der Waals surface area contributed by atoms with Crippen LogP contribution in [-0.4, -0.2) is 38.5 Å². The van der Waals surface area contributed by atoms with Crippen molar-refractivity contribution < 1.29 is 14.5 Å². The molecule has 3 aromatic carbocycles. The van der Waals surface area contributed by atoms with Gasteiger partial charge in [-0.05, 0) is 36.8 Å². The fourth-order valence-corrected chi connectivity index (χ4v) is 4.22. The molecule has 0 unspecified atom stereocenters. The number of hydrogen-bond acceptors (Lipinski definition) is 7. The van der Waals surface area contributed by atoms with E-state index in [1.54, 1.807) is 6.07 Å². The summed E-state index contributed by atoms with van der Waals surface area (Å²) in [5.41, 5.74) is 2.97. The quantitative estimate of drug-likeness (QED) is 0.204. The van der Waals surface area contributed by atoms with E-state index in [0.717, 1.165) is 22.6 Å². The highest BCUT2D eigenvalue weighted by atomic mass is 32.2. The summed E-state index contributed by atoms with van der Waals surface area (Å²) in [5.74, 6) is 0.680. The van der Waals surface area contributed by atoms with Crippen LogP contribution in [0.15, 0.2) is 78.0 Å². The van der Waals surface area contributed by atoms with Gasteiger partial charge >= 0.3 is 0 Å². The van der Waals surface area contributed by atoms with Gasteiger partial charge in [-0.1, -0.05) is 59.8 Å². The number of nitro benzene ring substituents is 1. The lowest BCUT2D eigenvalue weighted by atomic mass is 10.1. The van der Waals surface area contributed by atoms with Crippen molar-refractivity contribution in [3.05, 3.63) is 99.9 Å². The topological polar surface area (TPSA) is 112 Å². The first kappa shape index (κ1) is 24.0. The first-order chi connectivity index (χ1) is 16.9. The van der Waals surface area contributed by atoms with E-state index in [4.69, 9.17) is 4.74 Å². The lowest BCUT2D eigenvalue weighted by Gasteiger charge is -2.11. The Morgan fingerprint density at radius 2 is 1.83 bits per heavy atom. The summed E-state index contributed by atoms with van der Waals surface area (Å²) >= 11 is 1.21. The van der Waals surface area contributed by atoms with Crippen molar-refractivity contribution in [2.75, 3.05) is 18.2 Å². The summed E-state index contributed by atoms with van der Waals surface area (Å²) in [6, 6.07) is 22.2. The van der Waals surface area contributed by atoms with Gasteiger partial charge in [0.15, 0.2) is 5.16 Å². The Kier molecular flexibility index (Phi) is 7.41. The van der Waals surface area contributed by atoms with Crippen molar-refractivity contribution in [1.29, 1.82) is 0 Å². The summed E-state index contributed by atoms with van der Waals surface area (Å²) in [7, 11) is 1.42. The number of aromatic nitrogens is 3. The molecule has 4 aromatic rings. The molecule has 0 radical (unpaired) electrons. The molecular weight excluding hydrogens is 466 g/mol. The Morgan fingerprint density at radius 3 is 2.51 bits per heavy atom. The zero-order chi connectivity index (χ0) is 24.8. The average molecular weight is 490 g/mol. The summed E-state index contributed by atoms with van der Waals surface area (Å²) in [6.07, 6.45) is 0.576. The molecule has 0 spiro atoms. The minimum atomic E-state index is -0.560. The zero-order valence-corrected chi connectivity index (χ0v) is 20.0. The first-order valence-corrected chi connectivity index (χ1v) is 11.7. The third kappa shape index (κ3) is 5.85. The van der Waals surface area contributed by atoms with Crippen LogP contribution in [0, 0.1) is 17.0 Å². The normalized spacial score (nSPS) is 10.7. The number of methoxy groups -OCH3 is 1. The van der Waals surface area contributed by atoms with Crippen LogP contribution < -0.4 is 10.1 Å². The monoisotopic (exact) mass is 489 g/mol. The van der Waals surface area contributed by atoms with Gasteiger partial charge in [0.2, 0.25) is 5.91 Å². The maximum Gasteiger partial charge on any atom is 0.296 e. The lowest BCUT2D eigenvalue weighted by Crippen LogP contribution is -2.15. The number of rotatable bonds is 9. The van der Waals surface area contributed by atoms with Crippen molar-refractivity contribution in [2.45, 2.75) is 18.5 Å². The molecule has 9 nitrogen and oxygen atoms in total. The fourth-order valence-electron chi connectivity index (χ4n) is 3.45. The Bertz CT molecular complexity index is 1340. The number of hydrogen-bond donors (Lipinski definition) is 1. The Morgan fingerprint density at radius 1 is 1.09 bits per heavy atom. The Labute approximate surface area is 206 Å². The van der Waals surface area contributed by atoms with Gasteiger partial charge in [0, 0.05) is 12.1 Å². The number of benzene rings is 3. The van der Waals surface area contributed by atoms with Gasteiger partial charge in [-0.2, -0.15) is 0 Å². The Hall–Kier alpha value is -4.18. The number of carbonyl (C=O) groups is 1. The van der Waals surface area contributed by atoms with E-state index in [9.17, 15) is 14.9 Å². The minimum absolute atomic E-state index is 0.00147. The van der Waals surface area contributed by atoms with Crippen LogP contribution in [0.5, 0.6) is 5.75 Å². The second kappa shape index (κ2) is 10.8. The van der Waals surface area contributed by atoms with Gasteiger partial charge < -0.3 is 10.1 Å². The summed E-state index contributed by atoms with van der Waals surface area (Å²) in [4.78, 5) is 23.5. The molecular formula is C25H23N5O4S. The molecule has 0 fully saturated rings. The van der Waals surface area contributed by atoms with Crippen LogP contribution in [0.25, 0.3) is 5.69 Å². The molecule has 1 amide bonds. The average Bonchev–Trinajstić information content (AvgIpc) is 3.26. The maximum atomic E-state index is 12.7. The molecule has 0 saturated heterocycles. The van der Waals surface area contributed by atoms with Crippen molar-refractivity contribution in [2.24, 2.45) is 0 Å². The number of anilines is 1. The van der Waals surface area contributed by atoms with Crippen LogP contribution in [0.4, 0.5) is 11.4 Å². The van der Waals surface area contributed by atoms with E-state index in [1.807, 2.05) is 66.1 Å². The van der Waals surface area contributed by atoms with Gasteiger partial charge in [-0.15, -0.1) is 10.2 Å². The maximum absolute atomic E-state index is 12.7. The molecule has 0 aliphatic heterocycles. The van der Waals surface area contributed by atoms with E-state index >= 15 is 0 Å². The van der Waals surface area contributed by atoms with Crippen molar-refractivity contribution >= 4 is 29.0 Å². The number of aryl methyl sites for hydroxylation is 1. The first-order valence-electron chi connectivity index (χ1n) is 10.7. The van der Waals surface area contributed by atoms with Gasteiger partial charge in [-0.25, -0.2) is 0 Å². The molecule has 0 aliphatic carbocycles. The number of nitrogens with one attached hydrogen (secondary N) is 1. The van der Waals surface area contributed by atoms with Gasteiger partial charge in [0.25, 0.3) is 5.69 Å². The van der Waals surface area contributed by atoms with Crippen molar-refractivity contribution in [3.8, 4) is 11.4 Å². The van der Waals surface area contributed by atoms with E-state index in [0.29, 0.717) is 17.3 Å². The van der Waals surface area contributed by atoms with Crippen LogP contribution in [0.2, 0.25) is 0 Å². The molecule has 10 heteroatoms. The second-order valence-electron chi connectivity index (χ2n) is 7.71. The number of nitro groups is 1. The third-order valence-electron chi connectivity index (χ3n) is 5.21. The predicted octanol–water partition coefficient (Wildman–Crippen LogP) is 4.81. The molecule has 0 bridgehead atoms. The van der Waals surface area contributed by atoms with E-state index < -0.39 is 10.8 Å². The van der Waals surface area contributed by atoms with Crippen LogP contribution in [-0.2, 0) is 11.2 Å². The number of ether oxygens (including phenoxy) is 1. The standard InChI is InChI=1S/C25H23N5O4S/c1-17-8-10-19(11-9-17)29-23(14-18-6-4-3-5-7-18)27-28-25(29)35-16-24(31)26-21-13-12-20(34-2)15-22(21)30(32)33/h3-13,15H,14,16H2,1-2H3,(H,26,31). The minimum Gasteiger partial charge on any atom is -0.496 e. The van der Waals surface area contributed by atoms with Gasteiger partial charge in [0.1, 0.15) is 17.3 Å². The van der Waals surface area contributed by atoms with Crippen LogP contribution >= 0.6 is 11.8 Å². The number of carbonyl (C=O) groups excluding carboxylic acids is 1. The zero-order valence-electron chi connectivity index (χ0n) is 19.2. The molecule has 4 rings (SSSR count). The predicted molar refractivity (Wildman–Crippen MR) is 134 cm³/mol. The highest BCUT2D eigenvalue weighted by Crippen LogP contribution is 2.30.